The van der Waals surface area contributed by atoms with Gasteiger partial charge in [-0.1, -0.05) is 18.2 Å². The second-order valence-corrected chi connectivity index (χ2v) is 6.25. The molecule has 0 saturated carbocycles. The Hall–Kier alpha value is -3.00. The lowest BCUT2D eigenvalue weighted by atomic mass is 10.1. The fraction of sp³-hybridized carbons (Fsp3) is 0.211. The largest absolute Gasteiger partial charge is 0.493 e. The molecule has 0 amide bonds. The molecule has 0 aliphatic heterocycles. The number of aromatic carboxylic acids is 1. The third-order valence-electron chi connectivity index (χ3n) is 3.97. The van der Waals surface area contributed by atoms with Crippen LogP contribution in [-0.2, 0) is 6.42 Å². The Morgan fingerprint density at radius 2 is 1.93 bits per heavy atom. The second kappa shape index (κ2) is 8.13. The number of methoxy groups -OCH3 is 2. The number of hydrogen-bond donors (Lipinski definition) is 2. The van der Waals surface area contributed by atoms with Gasteiger partial charge in [0.25, 0.3) is 0 Å². The molecular weight excluding hydrogens is 368 g/mol. The zero-order chi connectivity index (χ0) is 19.4. The zero-order valence-electron chi connectivity index (χ0n) is 14.7. The third kappa shape index (κ3) is 4.22. The van der Waals surface area contributed by atoms with E-state index in [0.717, 1.165) is 5.56 Å². The van der Waals surface area contributed by atoms with Crippen LogP contribution >= 0.6 is 12.6 Å². The highest BCUT2D eigenvalue weighted by Crippen LogP contribution is 2.30. The Morgan fingerprint density at radius 3 is 2.63 bits per heavy atom. The number of benzene rings is 2. The van der Waals surface area contributed by atoms with Crippen molar-refractivity contribution in [3.8, 4) is 11.5 Å². The molecule has 0 aliphatic carbocycles. The average molecular weight is 386 g/mol. The zero-order valence-corrected chi connectivity index (χ0v) is 15.6. The van der Waals surface area contributed by atoms with Crippen molar-refractivity contribution in [1.82, 2.24) is 10.2 Å². The standard InChI is InChI=1S/C19H18N2O5S/c1-24-14-7-6-11(8-15(14)25-2)9-16-20-21-18(26-16)17(27)12-4-3-5-13(10-12)19(22)23/h3-8,10,17,27H,9H2,1-2H3,(H,22,23). The summed E-state index contributed by atoms with van der Waals surface area (Å²) in [6.07, 6.45) is 0.420. The summed E-state index contributed by atoms with van der Waals surface area (Å²) in [7, 11) is 3.15. The highest BCUT2D eigenvalue weighted by atomic mass is 32.1. The minimum absolute atomic E-state index is 0.177. The van der Waals surface area contributed by atoms with Crippen LogP contribution in [-0.4, -0.2) is 35.5 Å². The molecule has 0 bridgehead atoms. The number of aromatic nitrogens is 2. The van der Waals surface area contributed by atoms with Crippen LogP contribution in [0.25, 0.3) is 0 Å². The predicted molar refractivity (Wildman–Crippen MR) is 101 cm³/mol. The van der Waals surface area contributed by atoms with Gasteiger partial charge in [0.2, 0.25) is 11.8 Å². The van der Waals surface area contributed by atoms with E-state index in [9.17, 15) is 4.79 Å². The predicted octanol–water partition coefficient (Wildman–Crippen LogP) is 3.40. The first-order chi connectivity index (χ1) is 13.0. The SMILES string of the molecule is COc1ccc(Cc2nnc(C(S)c3cccc(C(=O)O)c3)o2)cc1OC. The van der Waals surface area contributed by atoms with Crippen LogP contribution in [0.5, 0.6) is 11.5 Å². The van der Waals surface area contributed by atoms with E-state index >= 15 is 0 Å². The smallest absolute Gasteiger partial charge is 0.335 e. The fourth-order valence-electron chi connectivity index (χ4n) is 2.60. The van der Waals surface area contributed by atoms with Gasteiger partial charge in [0.15, 0.2) is 11.5 Å². The molecule has 0 fully saturated rings. The molecule has 0 spiro atoms. The molecule has 1 atom stereocenters. The number of rotatable bonds is 7. The van der Waals surface area contributed by atoms with Gasteiger partial charge in [-0.2, -0.15) is 12.6 Å². The van der Waals surface area contributed by atoms with E-state index in [-0.39, 0.29) is 5.56 Å². The topological polar surface area (TPSA) is 94.7 Å². The number of ether oxygens (including phenoxy) is 2. The highest BCUT2D eigenvalue weighted by molar-refractivity contribution is 7.80. The fourth-order valence-corrected chi connectivity index (χ4v) is 2.86. The Labute approximate surface area is 161 Å². The molecule has 7 nitrogen and oxygen atoms in total. The molecule has 3 aromatic rings. The van der Waals surface area contributed by atoms with Crippen molar-refractivity contribution >= 4 is 18.6 Å². The molecule has 140 valence electrons. The highest BCUT2D eigenvalue weighted by Gasteiger charge is 2.19. The Bertz CT molecular complexity index is 957. The number of hydrogen-bond acceptors (Lipinski definition) is 7. The van der Waals surface area contributed by atoms with Crippen molar-refractivity contribution in [3.05, 3.63) is 70.9 Å². The first-order valence-corrected chi connectivity index (χ1v) is 8.58. The van der Waals surface area contributed by atoms with E-state index < -0.39 is 11.2 Å². The molecule has 0 radical (unpaired) electrons. The summed E-state index contributed by atoms with van der Waals surface area (Å²) in [5.74, 6) is 0.979. The number of carboxylic acids is 1. The van der Waals surface area contributed by atoms with E-state index in [0.29, 0.717) is 35.3 Å². The van der Waals surface area contributed by atoms with Crippen LogP contribution in [0.3, 0.4) is 0 Å². The van der Waals surface area contributed by atoms with Gasteiger partial charge < -0.3 is 19.0 Å². The molecule has 27 heavy (non-hydrogen) atoms. The van der Waals surface area contributed by atoms with Gasteiger partial charge in [0, 0.05) is 0 Å². The summed E-state index contributed by atoms with van der Waals surface area (Å²) in [6, 6.07) is 12.0. The van der Waals surface area contributed by atoms with Gasteiger partial charge in [0.1, 0.15) is 5.25 Å². The van der Waals surface area contributed by atoms with Crippen molar-refractivity contribution < 1.29 is 23.8 Å². The van der Waals surface area contributed by atoms with Crippen LogP contribution in [0.15, 0.2) is 46.9 Å². The minimum atomic E-state index is -1.00. The van der Waals surface area contributed by atoms with Crippen molar-refractivity contribution in [2.45, 2.75) is 11.7 Å². The van der Waals surface area contributed by atoms with Crippen molar-refractivity contribution in [3.63, 3.8) is 0 Å². The normalized spacial score (nSPS) is 11.8. The molecule has 0 aliphatic rings. The molecular formula is C19H18N2O5S. The van der Waals surface area contributed by atoms with Crippen LogP contribution < -0.4 is 9.47 Å². The maximum absolute atomic E-state index is 11.1. The van der Waals surface area contributed by atoms with E-state index in [1.165, 1.54) is 12.1 Å². The van der Waals surface area contributed by atoms with Crippen molar-refractivity contribution in [1.29, 1.82) is 0 Å². The maximum atomic E-state index is 11.1. The lowest BCUT2D eigenvalue weighted by Crippen LogP contribution is -2.00. The summed E-state index contributed by atoms with van der Waals surface area (Å²) in [5, 5.41) is 16.7. The lowest BCUT2D eigenvalue weighted by Gasteiger charge is -2.08. The molecule has 2 aromatic carbocycles. The second-order valence-electron chi connectivity index (χ2n) is 5.73. The average Bonchev–Trinajstić information content (AvgIpc) is 3.15. The number of thiol groups is 1. The van der Waals surface area contributed by atoms with Crippen LogP contribution in [0.4, 0.5) is 0 Å². The van der Waals surface area contributed by atoms with Crippen LogP contribution in [0.1, 0.15) is 38.5 Å². The van der Waals surface area contributed by atoms with Crippen LogP contribution in [0, 0.1) is 0 Å². The van der Waals surface area contributed by atoms with Gasteiger partial charge in [-0.05, 0) is 35.4 Å². The van der Waals surface area contributed by atoms with Gasteiger partial charge in [0.05, 0.1) is 26.2 Å². The number of carbonyl (C=O) groups is 1. The van der Waals surface area contributed by atoms with E-state index in [2.05, 4.69) is 22.8 Å². The van der Waals surface area contributed by atoms with Gasteiger partial charge in [-0.15, -0.1) is 10.2 Å². The quantitative estimate of drug-likeness (QED) is 0.601. The minimum Gasteiger partial charge on any atom is -0.493 e. The Kier molecular flexibility index (Phi) is 5.66. The number of nitrogens with zero attached hydrogens (tertiary/aromatic N) is 2. The third-order valence-corrected chi connectivity index (χ3v) is 4.49. The van der Waals surface area contributed by atoms with Crippen molar-refractivity contribution in [2.24, 2.45) is 0 Å². The maximum Gasteiger partial charge on any atom is 0.335 e. The van der Waals surface area contributed by atoms with Gasteiger partial charge in [-0.25, -0.2) is 4.79 Å². The summed E-state index contributed by atoms with van der Waals surface area (Å²) in [4.78, 5) is 11.1. The summed E-state index contributed by atoms with van der Waals surface area (Å²) in [6.45, 7) is 0. The van der Waals surface area contributed by atoms with E-state index in [4.69, 9.17) is 19.0 Å². The Balaban J connectivity index is 1.78. The molecule has 1 heterocycles. The van der Waals surface area contributed by atoms with Crippen LogP contribution in [0.2, 0.25) is 0 Å². The molecule has 1 unspecified atom stereocenters. The monoisotopic (exact) mass is 386 g/mol. The van der Waals surface area contributed by atoms with E-state index in [1.807, 2.05) is 18.2 Å². The van der Waals surface area contributed by atoms with Gasteiger partial charge in [-0.3, -0.25) is 0 Å². The molecule has 1 N–H and O–H groups in total. The molecule has 0 saturated heterocycles. The van der Waals surface area contributed by atoms with Gasteiger partial charge >= 0.3 is 5.97 Å². The summed E-state index contributed by atoms with van der Waals surface area (Å²) >= 11 is 4.50. The first-order valence-electron chi connectivity index (χ1n) is 8.06. The first kappa shape index (κ1) is 18.8. The summed E-state index contributed by atoms with van der Waals surface area (Å²) < 4.78 is 16.2. The summed E-state index contributed by atoms with van der Waals surface area (Å²) in [5.41, 5.74) is 1.77. The van der Waals surface area contributed by atoms with Crippen molar-refractivity contribution in [2.75, 3.05) is 14.2 Å². The number of carboxylic acid groups (broad SMARTS) is 1. The molecule has 3 rings (SSSR count). The molecule has 1 aromatic heterocycles. The lowest BCUT2D eigenvalue weighted by molar-refractivity contribution is 0.0696. The Morgan fingerprint density at radius 1 is 1.15 bits per heavy atom. The van der Waals surface area contributed by atoms with E-state index in [1.54, 1.807) is 26.4 Å². The molecule has 8 heteroatoms.